The van der Waals surface area contributed by atoms with Crippen molar-refractivity contribution in [2.75, 3.05) is 33.0 Å². The SMILES string of the molecule is CCOCCOCCOc1ccc(-c2nc3ccccc3[nH]2)cc1[N+](=O)[O-]. The van der Waals surface area contributed by atoms with Gasteiger partial charge in [-0.3, -0.25) is 10.1 Å². The van der Waals surface area contributed by atoms with Gasteiger partial charge in [0, 0.05) is 18.2 Å². The minimum absolute atomic E-state index is 0.109. The summed E-state index contributed by atoms with van der Waals surface area (Å²) in [6.07, 6.45) is 0. The number of imidazole rings is 1. The lowest BCUT2D eigenvalue weighted by Gasteiger charge is -2.08. The molecule has 0 amide bonds. The standard InChI is InChI=1S/C19H21N3O5/c1-2-25-9-10-26-11-12-27-18-8-7-14(13-17(18)22(23)24)19-20-15-5-3-4-6-16(15)21-19/h3-8,13H,2,9-12H2,1H3,(H,20,21). The summed E-state index contributed by atoms with van der Waals surface area (Å²) in [6, 6.07) is 12.4. The molecule has 27 heavy (non-hydrogen) atoms. The van der Waals surface area contributed by atoms with Gasteiger partial charge in [-0.15, -0.1) is 0 Å². The Hall–Kier alpha value is -2.97. The monoisotopic (exact) mass is 371 g/mol. The Morgan fingerprint density at radius 3 is 2.63 bits per heavy atom. The number of hydrogen-bond acceptors (Lipinski definition) is 6. The molecule has 0 bridgehead atoms. The Morgan fingerprint density at radius 2 is 1.85 bits per heavy atom. The molecule has 0 radical (unpaired) electrons. The first kappa shape index (κ1) is 18.8. The molecule has 142 valence electrons. The van der Waals surface area contributed by atoms with Gasteiger partial charge in [0.2, 0.25) is 0 Å². The topological polar surface area (TPSA) is 99.5 Å². The van der Waals surface area contributed by atoms with Crippen LogP contribution in [0.3, 0.4) is 0 Å². The highest BCUT2D eigenvalue weighted by molar-refractivity contribution is 5.79. The third kappa shape index (κ3) is 4.81. The van der Waals surface area contributed by atoms with Crippen molar-refractivity contribution in [2.45, 2.75) is 6.92 Å². The van der Waals surface area contributed by atoms with Gasteiger partial charge in [0.05, 0.1) is 35.8 Å². The van der Waals surface area contributed by atoms with E-state index in [4.69, 9.17) is 14.2 Å². The molecular formula is C19H21N3O5. The number of nitro groups is 1. The number of aromatic nitrogens is 2. The molecule has 0 unspecified atom stereocenters. The van der Waals surface area contributed by atoms with Crippen molar-refractivity contribution in [3.63, 3.8) is 0 Å². The van der Waals surface area contributed by atoms with Crippen LogP contribution in [0.2, 0.25) is 0 Å². The number of nitrogens with zero attached hydrogens (tertiary/aromatic N) is 2. The Balaban J connectivity index is 1.68. The summed E-state index contributed by atoms with van der Waals surface area (Å²) < 4.78 is 16.0. The minimum atomic E-state index is -0.461. The zero-order valence-electron chi connectivity index (χ0n) is 15.0. The molecule has 8 nitrogen and oxygen atoms in total. The Morgan fingerprint density at radius 1 is 1.07 bits per heavy atom. The fourth-order valence-electron chi connectivity index (χ4n) is 2.59. The smallest absolute Gasteiger partial charge is 0.311 e. The Kier molecular flexibility index (Phi) is 6.35. The van der Waals surface area contributed by atoms with Gasteiger partial charge in [0.25, 0.3) is 0 Å². The van der Waals surface area contributed by atoms with E-state index < -0.39 is 4.92 Å². The number of hydrogen-bond donors (Lipinski definition) is 1. The maximum Gasteiger partial charge on any atom is 0.311 e. The molecule has 3 rings (SSSR count). The van der Waals surface area contributed by atoms with Crippen LogP contribution in [-0.2, 0) is 9.47 Å². The molecule has 8 heteroatoms. The van der Waals surface area contributed by atoms with Crippen molar-refractivity contribution in [3.05, 3.63) is 52.6 Å². The Labute approximate surface area is 156 Å². The maximum absolute atomic E-state index is 11.4. The van der Waals surface area contributed by atoms with E-state index in [0.29, 0.717) is 37.8 Å². The molecular weight excluding hydrogens is 350 g/mol. The summed E-state index contributed by atoms with van der Waals surface area (Å²) in [7, 11) is 0. The zero-order chi connectivity index (χ0) is 19.1. The van der Waals surface area contributed by atoms with E-state index in [1.54, 1.807) is 12.1 Å². The average molecular weight is 371 g/mol. The number of nitro benzene ring substituents is 1. The molecule has 0 atom stereocenters. The first-order valence-electron chi connectivity index (χ1n) is 8.71. The van der Waals surface area contributed by atoms with E-state index in [2.05, 4.69) is 9.97 Å². The zero-order valence-corrected chi connectivity index (χ0v) is 15.0. The first-order chi connectivity index (χ1) is 13.2. The van der Waals surface area contributed by atoms with Crippen molar-refractivity contribution < 1.29 is 19.1 Å². The fraction of sp³-hybridized carbons (Fsp3) is 0.316. The van der Waals surface area contributed by atoms with Crippen molar-refractivity contribution in [1.29, 1.82) is 0 Å². The third-order valence-corrected chi connectivity index (χ3v) is 3.88. The number of fused-ring (bicyclic) bond motifs is 1. The van der Waals surface area contributed by atoms with Gasteiger partial charge in [0.1, 0.15) is 12.4 Å². The molecule has 1 heterocycles. The predicted octanol–water partition coefficient (Wildman–Crippen LogP) is 3.57. The highest BCUT2D eigenvalue weighted by atomic mass is 16.6. The average Bonchev–Trinajstić information content (AvgIpc) is 3.11. The number of para-hydroxylation sites is 2. The van der Waals surface area contributed by atoms with Crippen LogP contribution in [-0.4, -0.2) is 47.9 Å². The fourth-order valence-corrected chi connectivity index (χ4v) is 2.59. The van der Waals surface area contributed by atoms with Crippen LogP contribution in [0.5, 0.6) is 5.75 Å². The molecule has 0 saturated carbocycles. The van der Waals surface area contributed by atoms with E-state index in [-0.39, 0.29) is 18.0 Å². The molecule has 0 aliphatic heterocycles. The van der Waals surface area contributed by atoms with Gasteiger partial charge >= 0.3 is 5.69 Å². The highest BCUT2D eigenvalue weighted by Gasteiger charge is 2.18. The summed E-state index contributed by atoms with van der Waals surface area (Å²) in [6.45, 7) is 4.08. The van der Waals surface area contributed by atoms with Gasteiger partial charge in [-0.25, -0.2) is 4.98 Å². The summed E-state index contributed by atoms with van der Waals surface area (Å²) in [5.41, 5.74) is 2.19. The van der Waals surface area contributed by atoms with E-state index in [9.17, 15) is 10.1 Å². The number of ether oxygens (including phenoxy) is 3. The molecule has 0 aliphatic carbocycles. The van der Waals surface area contributed by atoms with Crippen LogP contribution in [0, 0.1) is 10.1 Å². The maximum atomic E-state index is 11.4. The lowest BCUT2D eigenvalue weighted by Crippen LogP contribution is -2.11. The summed E-state index contributed by atoms with van der Waals surface area (Å²) >= 11 is 0. The number of rotatable bonds is 10. The molecule has 2 aromatic carbocycles. The third-order valence-electron chi connectivity index (χ3n) is 3.88. The lowest BCUT2D eigenvalue weighted by molar-refractivity contribution is -0.385. The van der Waals surface area contributed by atoms with Crippen LogP contribution < -0.4 is 4.74 Å². The van der Waals surface area contributed by atoms with Gasteiger partial charge in [-0.05, 0) is 31.2 Å². The summed E-state index contributed by atoms with van der Waals surface area (Å²) in [5.74, 6) is 0.776. The van der Waals surface area contributed by atoms with E-state index in [0.717, 1.165) is 11.0 Å². The number of benzene rings is 2. The number of H-pyrrole nitrogens is 1. The summed E-state index contributed by atoms with van der Waals surface area (Å²) in [4.78, 5) is 18.6. The Bertz CT molecular complexity index is 876. The predicted molar refractivity (Wildman–Crippen MR) is 101 cm³/mol. The molecule has 1 aromatic heterocycles. The number of aromatic amines is 1. The molecule has 0 saturated heterocycles. The number of nitrogens with one attached hydrogen (secondary N) is 1. The van der Waals surface area contributed by atoms with Gasteiger partial charge in [0.15, 0.2) is 5.75 Å². The molecule has 1 N–H and O–H groups in total. The first-order valence-corrected chi connectivity index (χ1v) is 8.71. The lowest BCUT2D eigenvalue weighted by atomic mass is 10.2. The summed E-state index contributed by atoms with van der Waals surface area (Å²) in [5, 5.41) is 11.4. The van der Waals surface area contributed by atoms with Gasteiger partial charge in [-0.2, -0.15) is 0 Å². The van der Waals surface area contributed by atoms with Crippen LogP contribution in [0.25, 0.3) is 22.4 Å². The second-order valence-corrected chi connectivity index (χ2v) is 5.70. The molecule has 0 spiro atoms. The van der Waals surface area contributed by atoms with Crippen LogP contribution in [0.15, 0.2) is 42.5 Å². The largest absolute Gasteiger partial charge is 0.484 e. The van der Waals surface area contributed by atoms with Crippen LogP contribution in [0.1, 0.15) is 6.92 Å². The van der Waals surface area contributed by atoms with Crippen LogP contribution in [0.4, 0.5) is 5.69 Å². The second-order valence-electron chi connectivity index (χ2n) is 5.70. The van der Waals surface area contributed by atoms with Gasteiger partial charge in [-0.1, -0.05) is 12.1 Å². The molecule has 0 aliphatic rings. The van der Waals surface area contributed by atoms with Gasteiger partial charge < -0.3 is 19.2 Å². The highest BCUT2D eigenvalue weighted by Crippen LogP contribution is 2.32. The molecule has 0 fully saturated rings. The second kappa shape index (κ2) is 9.11. The minimum Gasteiger partial charge on any atom is -0.484 e. The van der Waals surface area contributed by atoms with Crippen molar-refractivity contribution in [1.82, 2.24) is 9.97 Å². The van der Waals surface area contributed by atoms with Crippen molar-refractivity contribution in [2.24, 2.45) is 0 Å². The van der Waals surface area contributed by atoms with E-state index in [1.165, 1.54) is 6.07 Å². The van der Waals surface area contributed by atoms with E-state index in [1.807, 2.05) is 31.2 Å². The van der Waals surface area contributed by atoms with Crippen LogP contribution >= 0.6 is 0 Å². The van der Waals surface area contributed by atoms with Crippen molar-refractivity contribution in [3.8, 4) is 17.1 Å². The quantitative estimate of drug-likeness (QED) is 0.332. The molecule has 3 aromatic rings. The van der Waals surface area contributed by atoms with E-state index >= 15 is 0 Å². The normalized spacial score (nSPS) is 11.0. The van der Waals surface area contributed by atoms with Crippen molar-refractivity contribution >= 4 is 16.7 Å².